The Morgan fingerprint density at radius 2 is 2.18 bits per heavy atom. The molecule has 0 amide bonds. The van der Waals surface area contributed by atoms with Gasteiger partial charge < -0.3 is 10.5 Å². The molecule has 0 fully saturated rings. The minimum atomic E-state index is -2.62. The summed E-state index contributed by atoms with van der Waals surface area (Å²) < 4.78 is 29.7. The van der Waals surface area contributed by atoms with Gasteiger partial charge in [-0.05, 0) is 0 Å². The summed E-state index contributed by atoms with van der Waals surface area (Å²) in [5.41, 5.74) is 5.38. The molecule has 0 unspecified atom stereocenters. The average Bonchev–Trinajstić information content (AvgIpc) is 2.79. The van der Waals surface area contributed by atoms with Crippen LogP contribution in [0.1, 0.15) is 0 Å². The molecule has 0 saturated carbocycles. The van der Waals surface area contributed by atoms with Crippen molar-refractivity contribution in [1.29, 1.82) is 0 Å². The number of anilines is 1. The summed E-state index contributed by atoms with van der Waals surface area (Å²) in [4.78, 5) is 14.7. The third kappa shape index (κ3) is 2.80. The molecule has 2 aromatic rings. The van der Waals surface area contributed by atoms with Crippen molar-refractivity contribution in [1.82, 2.24) is 29.7 Å². The largest absolute Gasteiger partial charge is 0.457 e. The van der Waals surface area contributed by atoms with Gasteiger partial charge >= 0.3 is 6.01 Å². The van der Waals surface area contributed by atoms with Gasteiger partial charge in [0.15, 0.2) is 6.61 Å². The van der Waals surface area contributed by atoms with Gasteiger partial charge in [-0.15, -0.1) is 0 Å². The maximum Gasteiger partial charge on any atom is 0.323 e. The van der Waals surface area contributed by atoms with Crippen LogP contribution >= 0.6 is 0 Å². The number of ether oxygens (including phenoxy) is 1. The Morgan fingerprint density at radius 1 is 1.35 bits per heavy atom. The number of nitrogen functional groups attached to an aromatic ring is 1. The topological polar surface area (TPSA) is 105 Å². The second-order valence-electron chi connectivity index (χ2n) is 2.82. The Hall–Kier alpha value is -2.39. The van der Waals surface area contributed by atoms with Gasteiger partial charge in [-0.2, -0.15) is 24.7 Å². The second kappa shape index (κ2) is 4.63. The Balaban J connectivity index is 2.24. The lowest BCUT2D eigenvalue weighted by molar-refractivity contribution is 0.0769. The summed E-state index contributed by atoms with van der Waals surface area (Å²) >= 11 is 0. The van der Waals surface area contributed by atoms with Gasteiger partial charge in [0.1, 0.15) is 12.7 Å². The molecule has 0 aliphatic carbocycles. The van der Waals surface area contributed by atoms with Gasteiger partial charge in [-0.25, -0.2) is 13.8 Å². The molecule has 2 heterocycles. The quantitative estimate of drug-likeness (QED) is 0.784. The van der Waals surface area contributed by atoms with Crippen LogP contribution in [-0.2, 0) is 0 Å². The minimum Gasteiger partial charge on any atom is -0.457 e. The summed E-state index contributed by atoms with van der Waals surface area (Å²) in [6.07, 6.45) is -0.0338. The smallest absolute Gasteiger partial charge is 0.323 e. The van der Waals surface area contributed by atoms with Crippen LogP contribution in [0, 0.1) is 0 Å². The average molecular weight is 243 g/mol. The first-order chi connectivity index (χ1) is 8.15. The van der Waals surface area contributed by atoms with Crippen molar-refractivity contribution in [2.45, 2.75) is 6.43 Å². The zero-order chi connectivity index (χ0) is 12.3. The predicted octanol–water partition coefficient (Wildman–Crippen LogP) is -0.322. The molecule has 0 spiro atoms. The van der Waals surface area contributed by atoms with E-state index < -0.39 is 13.0 Å². The number of nitrogens with two attached hydrogens (primary N) is 1. The molecule has 0 bridgehead atoms. The van der Waals surface area contributed by atoms with Crippen molar-refractivity contribution in [3.63, 3.8) is 0 Å². The number of rotatable bonds is 4. The van der Waals surface area contributed by atoms with Crippen LogP contribution in [-0.4, -0.2) is 42.7 Å². The van der Waals surface area contributed by atoms with E-state index in [0.29, 0.717) is 0 Å². The maximum absolute atomic E-state index is 11.9. The predicted molar refractivity (Wildman–Crippen MR) is 50.7 cm³/mol. The molecule has 0 radical (unpaired) electrons. The molecule has 0 aromatic carbocycles. The lowest BCUT2D eigenvalue weighted by atomic mass is 10.7. The molecule has 2 N–H and O–H groups in total. The number of hydrogen-bond donors (Lipinski definition) is 1. The Kier molecular flexibility index (Phi) is 3.03. The molecule has 2 aromatic heterocycles. The highest BCUT2D eigenvalue weighted by Gasteiger charge is 2.10. The second-order valence-corrected chi connectivity index (χ2v) is 2.82. The lowest BCUT2D eigenvalue weighted by Gasteiger charge is -2.05. The van der Waals surface area contributed by atoms with Crippen LogP contribution in [0.15, 0.2) is 12.7 Å². The Labute approximate surface area is 93.5 Å². The first kappa shape index (κ1) is 11.1. The first-order valence-corrected chi connectivity index (χ1v) is 4.42. The molecule has 0 aliphatic heterocycles. The van der Waals surface area contributed by atoms with Gasteiger partial charge in [0.2, 0.25) is 5.95 Å². The number of aromatic nitrogens is 6. The van der Waals surface area contributed by atoms with Crippen LogP contribution in [0.25, 0.3) is 5.95 Å². The van der Waals surface area contributed by atoms with Crippen LogP contribution in [0.5, 0.6) is 6.01 Å². The summed E-state index contributed by atoms with van der Waals surface area (Å²) in [7, 11) is 0. The summed E-state index contributed by atoms with van der Waals surface area (Å²) in [6.45, 7) is -0.819. The first-order valence-electron chi connectivity index (χ1n) is 4.42. The maximum atomic E-state index is 11.9. The van der Waals surface area contributed by atoms with E-state index in [1.807, 2.05) is 0 Å². The zero-order valence-electron chi connectivity index (χ0n) is 8.36. The number of nitrogens with zero attached hydrogens (tertiary/aromatic N) is 6. The van der Waals surface area contributed by atoms with Crippen molar-refractivity contribution in [2.75, 3.05) is 12.3 Å². The highest BCUT2D eigenvalue weighted by Crippen LogP contribution is 2.08. The molecule has 90 valence electrons. The Bertz CT molecular complexity index is 489. The van der Waals surface area contributed by atoms with Crippen molar-refractivity contribution >= 4 is 5.95 Å². The van der Waals surface area contributed by atoms with Crippen molar-refractivity contribution in [3.8, 4) is 12.0 Å². The SMILES string of the molecule is Nc1nc(OCC(F)F)nc(-n2cncn2)n1. The highest BCUT2D eigenvalue weighted by molar-refractivity contribution is 5.23. The molecule has 0 aliphatic rings. The molecular weight excluding hydrogens is 236 g/mol. The molecule has 2 rings (SSSR count). The van der Waals surface area contributed by atoms with Crippen molar-refractivity contribution < 1.29 is 13.5 Å². The van der Waals surface area contributed by atoms with Gasteiger partial charge in [-0.1, -0.05) is 0 Å². The Morgan fingerprint density at radius 3 is 2.82 bits per heavy atom. The normalized spacial score (nSPS) is 10.8. The fourth-order valence-corrected chi connectivity index (χ4v) is 0.977. The van der Waals surface area contributed by atoms with Crippen molar-refractivity contribution in [3.05, 3.63) is 12.7 Å². The van der Waals surface area contributed by atoms with E-state index in [2.05, 4.69) is 29.8 Å². The fourth-order valence-electron chi connectivity index (χ4n) is 0.977. The van der Waals surface area contributed by atoms with Gasteiger partial charge in [-0.3, -0.25) is 0 Å². The molecule has 17 heavy (non-hydrogen) atoms. The van der Waals surface area contributed by atoms with Gasteiger partial charge in [0, 0.05) is 0 Å². The van der Waals surface area contributed by atoms with E-state index in [1.54, 1.807) is 0 Å². The van der Waals surface area contributed by atoms with E-state index in [-0.39, 0.29) is 17.9 Å². The number of hydrogen-bond acceptors (Lipinski definition) is 7. The highest BCUT2D eigenvalue weighted by atomic mass is 19.3. The van der Waals surface area contributed by atoms with E-state index in [1.165, 1.54) is 17.3 Å². The summed E-state index contributed by atoms with van der Waals surface area (Å²) in [6, 6.07) is -0.289. The van der Waals surface area contributed by atoms with Crippen LogP contribution in [0.4, 0.5) is 14.7 Å². The molecule has 0 atom stereocenters. The molecule has 8 nitrogen and oxygen atoms in total. The molecule has 0 saturated heterocycles. The van der Waals surface area contributed by atoms with Gasteiger partial charge in [0.25, 0.3) is 12.4 Å². The minimum absolute atomic E-state index is 0.0410. The fraction of sp³-hybridized carbons (Fsp3) is 0.286. The summed E-state index contributed by atoms with van der Waals surface area (Å²) in [5.74, 6) is -0.117. The number of alkyl halides is 2. The zero-order valence-corrected chi connectivity index (χ0v) is 8.36. The van der Waals surface area contributed by atoms with Crippen LogP contribution < -0.4 is 10.5 Å². The number of halogens is 2. The van der Waals surface area contributed by atoms with E-state index in [0.717, 1.165) is 0 Å². The van der Waals surface area contributed by atoms with E-state index in [4.69, 9.17) is 5.73 Å². The van der Waals surface area contributed by atoms with Crippen molar-refractivity contribution in [2.24, 2.45) is 0 Å². The van der Waals surface area contributed by atoms with E-state index in [9.17, 15) is 8.78 Å². The van der Waals surface area contributed by atoms with Crippen LogP contribution in [0.2, 0.25) is 0 Å². The standard InChI is InChI=1S/C7H7F2N7O/c8-4(9)1-17-7-14-5(10)13-6(15-7)16-3-11-2-12-16/h2-4H,1H2,(H2,10,13,14,15). The summed E-state index contributed by atoms with van der Waals surface area (Å²) in [5, 5.41) is 3.76. The third-order valence-electron chi connectivity index (χ3n) is 1.58. The van der Waals surface area contributed by atoms with E-state index >= 15 is 0 Å². The lowest BCUT2D eigenvalue weighted by Crippen LogP contribution is -2.13. The monoisotopic (exact) mass is 243 g/mol. The molecular formula is C7H7F2N7O. The van der Waals surface area contributed by atoms with Crippen LogP contribution in [0.3, 0.4) is 0 Å². The molecule has 10 heteroatoms. The third-order valence-corrected chi connectivity index (χ3v) is 1.58. The van der Waals surface area contributed by atoms with Gasteiger partial charge in [0.05, 0.1) is 0 Å².